The monoisotopic (exact) mass is 395 g/mol. The number of nitrogens with two attached hydrogens (primary N) is 1. The third kappa shape index (κ3) is 4.61. The molecule has 3 rings (SSSR count). The molecule has 0 saturated heterocycles. The second kappa shape index (κ2) is 8.75. The number of nitrogens with zero attached hydrogens (tertiary/aromatic N) is 1. The van der Waals surface area contributed by atoms with Gasteiger partial charge in [-0.05, 0) is 5.92 Å². The molecule has 144 valence electrons. The molecule has 3 N–H and O–H groups in total. The van der Waals surface area contributed by atoms with Crippen LogP contribution in [-0.4, -0.2) is 22.2 Å². The molecular weight excluding hydrogens is 374 g/mol. The molecule has 0 aliphatic carbocycles. The Labute approximate surface area is 167 Å². The summed E-state index contributed by atoms with van der Waals surface area (Å²) in [5.41, 5.74) is 7.60. The van der Waals surface area contributed by atoms with E-state index in [1.165, 1.54) is 11.8 Å². The maximum absolute atomic E-state index is 12.3. The minimum absolute atomic E-state index is 0.0587. The van der Waals surface area contributed by atoms with Gasteiger partial charge in [-0.15, -0.1) is 0 Å². The van der Waals surface area contributed by atoms with Crippen molar-refractivity contribution in [3.63, 3.8) is 0 Å². The maximum Gasteiger partial charge on any atom is 0.318 e. The number of thioether (sulfide) groups is 1. The number of benzene rings is 2. The second-order valence-corrected chi connectivity index (χ2v) is 7.62. The van der Waals surface area contributed by atoms with Gasteiger partial charge in [0.1, 0.15) is 5.69 Å². The van der Waals surface area contributed by atoms with Gasteiger partial charge in [0.2, 0.25) is 5.91 Å². The second-order valence-electron chi connectivity index (χ2n) is 6.53. The van der Waals surface area contributed by atoms with Crippen LogP contribution < -0.4 is 11.1 Å². The highest BCUT2D eigenvalue weighted by Crippen LogP contribution is 2.37. The first-order chi connectivity index (χ1) is 13.5. The van der Waals surface area contributed by atoms with Gasteiger partial charge in [0.25, 0.3) is 5.22 Å². The number of rotatable bonds is 6. The van der Waals surface area contributed by atoms with Crippen molar-refractivity contribution < 1.29 is 14.0 Å². The van der Waals surface area contributed by atoms with Crippen molar-refractivity contribution >= 4 is 23.7 Å². The van der Waals surface area contributed by atoms with Gasteiger partial charge in [0.05, 0.1) is 5.25 Å². The molecule has 0 spiro atoms. The van der Waals surface area contributed by atoms with Gasteiger partial charge in [-0.25, -0.2) is 9.78 Å². The third-order valence-corrected chi connectivity index (χ3v) is 5.42. The molecule has 1 atom stereocenters. The van der Waals surface area contributed by atoms with Crippen molar-refractivity contribution in [2.24, 2.45) is 11.7 Å². The number of amides is 3. The average Bonchev–Trinajstić information content (AvgIpc) is 3.11. The number of hydrogen-bond acceptors (Lipinski definition) is 5. The average molecular weight is 395 g/mol. The normalized spacial score (nSPS) is 12.0. The van der Waals surface area contributed by atoms with E-state index >= 15 is 0 Å². The molecule has 7 heteroatoms. The zero-order valence-electron chi connectivity index (χ0n) is 15.6. The molecule has 2 aromatic carbocycles. The quantitative estimate of drug-likeness (QED) is 0.606. The summed E-state index contributed by atoms with van der Waals surface area (Å²) in [7, 11) is 0. The van der Waals surface area contributed by atoms with Crippen molar-refractivity contribution in [1.82, 2.24) is 10.3 Å². The van der Waals surface area contributed by atoms with Crippen LogP contribution >= 0.6 is 11.8 Å². The van der Waals surface area contributed by atoms with E-state index in [9.17, 15) is 9.59 Å². The van der Waals surface area contributed by atoms with Gasteiger partial charge < -0.3 is 10.2 Å². The minimum Gasteiger partial charge on any atom is -0.431 e. The summed E-state index contributed by atoms with van der Waals surface area (Å²) < 4.78 is 6.05. The van der Waals surface area contributed by atoms with Crippen molar-refractivity contribution in [3.05, 3.63) is 60.7 Å². The van der Waals surface area contributed by atoms with E-state index in [4.69, 9.17) is 10.2 Å². The Morgan fingerprint density at radius 3 is 2.11 bits per heavy atom. The third-order valence-electron chi connectivity index (χ3n) is 4.03. The van der Waals surface area contributed by atoms with Gasteiger partial charge in [0.15, 0.2) is 5.76 Å². The predicted octanol–water partition coefficient (Wildman–Crippen LogP) is 4.32. The molecule has 6 nitrogen and oxygen atoms in total. The summed E-state index contributed by atoms with van der Waals surface area (Å²) in [6, 6.07) is 18.5. The molecule has 1 heterocycles. The molecule has 0 aliphatic rings. The number of imide groups is 1. The predicted molar refractivity (Wildman–Crippen MR) is 110 cm³/mol. The number of urea groups is 1. The Kier molecular flexibility index (Phi) is 6.16. The Hall–Kier alpha value is -3.06. The first-order valence-corrected chi connectivity index (χ1v) is 9.72. The zero-order chi connectivity index (χ0) is 20.1. The molecule has 0 radical (unpaired) electrons. The summed E-state index contributed by atoms with van der Waals surface area (Å²) in [6.45, 7) is 3.77. The lowest BCUT2D eigenvalue weighted by atomic mass is 10.1. The first-order valence-electron chi connectivity index (χ1n) is 8.84. The van der Waals surface area contributed by atoms with Crippen LogP contribution in [0.25, 0.3) is 22.6 Å². The van der Waals surface area contributed by atoms with Crippen LogP contribution in [0, 0.1) is 5.92 Å². The first kappa shape index (κ1) is 19.7. The van der Waals surface area contributed by atoms with Crippen molar-refractivity contribution in [3.8, 4) is 22.6 Å². The number of nitrogens with one attached hydrogen (secondary N) is 1. The minimum atomic E-state index is -0.876. The fourth-order valence-electron chi connectivity index (χ4n) is 2.72. The topological polar surface area (TPSA) is 98.2 Å². The number of carbonyl (C=O) groups excluding carboxylic acids is 2. The number of oxazole rings is 1. The van der Waals surface area contributed by atoms with E-state index in [0.717, 1.165) is 11.1 Å². The van der Waals surface area contributed by atoms with Crippen LogP contribution in [0.1, 0.15) is 13.8 Å². The van der Waals surface area contributed by atoms with Crippen LogP contribution in [-0.2, 0) is 4.79 Å². The van der Waals surface area contributed by atoms with E-state index in [0.29, 0.717) is 16.7 Å². The molecule has 0 aliphatic heterocycles. The SMILES string of the molecule is CC(C)[C@H](Sc1nc(-c2ccccc2)c(-c2ccccc2)o1)C(=O)NC(N)=O. The van der Waals surface area contributed by atoms with E-state index in [-0.39, 0.29) is 5.92 Å². The Morgan fingerprint density at radius 1 is 1.00 bits per heavy atom. The highest BCUT2D eigenvalue weighted by Gasteiger charge is 2.28. The van der Waals surface area contributed by atoms with Gasteiger partial charge in [0, 0.05) is 11.1 Å². The Bertz CT molecular complexity index is 899. The molecular formula is C21H21N3O3S. The van der Waals surface area contributed by atoms with Crippen LogP contribution in [0.3, 0.4) is 0 Å². The van der Waals surface area contributed by atoms with E-state index < -0.39 is 17.2 Å². The zero-order valence-corrected chi connectivity index (χ0v) is 16.4. The number of hydrogen-bond donors (Lipinski definition) is 2. The lowest BCUT2D eigenvalue weighted by Crippen LogP contribution is -2.42. The van der Waals surface area contributed by atoms with E-state index in [1.54, 1.807) is 0 Å². The van der Waals surface area contributed by atoms with Crippen molar-refractivity contribution in [2.75, 3.05) is 0 Å². The standard InChI is InChI=1S/C21H21N3O3S/c1-13(2)18(19(25)24-20(22)26)28-21-23-16(14-9-5-3-6-10-14)17(27-21)15-11-7-4-8-12-15/h3-13,18H,1-2H3,(H3,22,24,25,26)/t18-/m0/s1. The number of carbonyl (C=O) groups is 2. The van der Waals surface area contributed by atoms with E-state index in [1.807, 2.05) is 74.5 Å². The summed E-state index contributed by atoms with van der Waals surface area (Å²) in [6.07, 6.45) is 0. The van der Waals surface area contributed by atoms with Crippen LogP contribution in [0.2, 0.25) is 0 Å². The van der Waals surface area contributed by atoms with Gasteiger partial charge in [-0.2, -0.15) is 0 Å². The number of aromatic nitrogens is 1. The van der Waals surface area contributed by atoms with E-state index in [2.05, 4.69) is 10.3 Å². The lowest BCUT2D eigenvalue weighted by molar-refractivity contribution is -0.120. The van der Waals surface area contributed by atoms with Crippen LogP contribution in [0.15, 0.2) is 70.3 Å². The van der Waals surface area contributed by atoms with Gasteiger partial charge in [-0.3, -0.25) is 10.1 Å². The Balaban J connectivity index is 1.99. The summed E-state index contributed by atoms with van der Waals surface area (Å²) in [4.78, 5) is 28.0. The molecule has 1 aromatic heterocycles. The van der Waals surface area contributed by atoms with Crippen molar-refractivity contribution in [2.45, 2.75) is 24.3 Å². The van der Waals surface area contributed by atoms with Crippen LogP contribution in [0.5, 0.6) is 0 Å². The molecule has 0 unspecified atom stereocenters. The molecule has 0 bridgehead atoms. The molecule has 0 fully saturated rings. The fraction of sp³-hybridized carbons (Fsp3) is 0.190. The molecule has 0 saturated carbocycles. The summed E-state index contributed by atoms with van der Waals surface area (Å²) in [5, 5.41) is 1.93. The molecule has 3 aromatic rings. The van der Waals surface area contributed by atoms with Crippen molar-refractivity contribution in [1.29, 1.82) is 0 Å². The smallest absolute Gasteiger partial charge is 0.318 e. The fourth-order valence-corrected chi connectivity index (χ4v) is 3.65. The Morgan fingerprint density at radius 2 is 1.57 bits per heavy atom. The summed E-state index contributed by atoms with van der Waals surface area (Å²) in [5.74, 6) is 0.108. The highest BCUT2D eigenvalue weighted by atomic mass is 32.2. The maximum atomic E-state index is 12.3. The van der Waals surface area contributed by atoms with Gasteiger partial charge >= 0.3 is 6.03 Å². The molecule has 3 amide bonds. The number of primary amides is 1. The van der Waals surface area contributed by atoms with Crippen LogP contribution in [0.4, 0.5) is 4.79 Å². The largest absolute Gasteiger partial charge is 0.431 e. The molecule has 28 heavy (non-hydrogen) atoms. The van der Waals surface area contributed by atoms with Gasteiger partial charge in [-0.1, -0.05) is 86.3 Å². The summed E-state index contributed by atoms with van der Waals surface area (Å²) >= 11 is 1.17. The highest BCUT2D eigenvalue weighted by molar-refractivity contribution is 8.00. The lowest BCUT2D eigenvalue weighted by Gasteiger charge is -2.16.